The quantitative estimate of drug-likeness (QED) is 0.595. The molecule has 29 valence electrons. The molecular weight excluding hydrogens is 289 g/mol. The van der Waals surface area contributed by atoms with Gasteiger partial charge in [-0.1, -0.05) is 0 Å². The Morgan fingerprint density at radius 1 is 1.60 bits per heavy atom. The van der Waals surface area contributed by atoms with Crippen molar-refractivity contribution >= 4 is 23.4 Å². The van der Waals surface area contributed by atoms with Gasteiger partial charge >= 0.3 is 47.6 Å². The monoisotopic (exact) mass is 293 g/mol. The second kappa shape index (κ2) is 3.84. The summed E-state index contributed by atoms with van der Waals surface area (Å²) >= 11 is -1.73. The standard InChI is InChI=1S/CH3Si.2ClH.Hf/c1-2;;;/h1H3;2*1H;/q;;;+2/p-2. The number of hydrogen-bond donors (Lipinski definition) is 0. The average molecular weight is 293 g/mol. The second-order valence-electron chi connectivity index (χ2n) is 0.510. The Balaban J connectivity index is 3.14. The van der Waals surface area contributed by atoms with E-state index in [1.165, 1.54) is 0 Å². The second-order valence-corrected chi connectivity index (χ2v) is 25.3. The fourth-order valence-corrected chi connectivity index (χ4v) is 0. The molecule has 0 nitrogen and oxygen atoms in total. The Labute approximate surface area is 47.3 Å². The third-order valence-electron chi connectivity index (χ3n) is 0.189. The van der Waals surface area contributed by atoms with E-state index in [2.05, 4.69) is 6.55 Å². The Bertz CT molecular complexity index is 47.6. The van der Waals surface area contributed by atoms with Crippen molar-refractivity contribution in [1.82, 2.24) is 0 Å². The van der Waals surface area contributed by atoms with Crippen molar-refractivity contribution in [1.29, 1.82) is 0 Å². The zero-order valence-electron chi connectivity index (χ0n) is 2.76. The summed E-state index contributed by atoms with van der Waals surface area (Å²) in [6.45, 7) is 2.06. The molecule has 0 atom stereocenters. The van der Waals surface area contributed by atoms with E-state index in [4.69, 9.17) is 17.2 Å². The fourth-order valence-electron chi connectivity index (χ4n) is 0. The van der Waals surface area contributed by atoms with Crippen molar-refractivity contribution in [3.63, 3.8) is 0 Å². The normalized spacial score (nSPS) is 7.00. The van der Waals surface area contributed by atoms with E-state index in [0.717, 1.165) is 6.22 Å². The molecule has 5 heavy (non-hydrogen) atoms. The summed E-state index contributed by atoms with van der Waals surface area (Å²) in [7, 11) is 10.9. The molecule has 1 radical (unpaired) electrons. The molecule has 0 aliphatic rings. The minimum absolute atomic E-state index is 0.858. The van der Waals surface area contributed by atoms with Crippen LogP contribution in [-0.4, -0.2) is 6.22 Å². The van der Waals surface area contributed by atoms with Crippen LogP contribution in [0.1, 0.15) is 0 Å². The molecule has 0 unspecified atom stereocenters. The van der Waals surface area contributed by atoms with Crippen LogP contribution in [0.5, 0.6) is 0 Å². The van der Waals surface area contributed by atoms with Crippen molar-refractivity contribution < 1.29 is 17.7 Å². The van der Waals surface area contributed by atoms with Crippen LogP contribution in [-0.2, 0) is 17.7 Å². The first-order valence-electron chi connectivity index (χ1n) is 1.13. The molecule has 0 fully saturated rings. The Morgan fingerprint density at radius 3 is 1.80 bits per heavy atom. The van der Waals surface area contributed by atoms with E-state index < -0.39 is 17.7 Å². The molecule has 0 aliphatic heterocycles. The average Bonchev–Trinajstić information content (AvgIpc) is 1.38. The summed E-state index contributed by atoms with van der Waals surface area (Å²) < 4.78 is 0. The van der Waals surface area contributed by atoms with Gasteiger partial charge in [0.25, 0.3) is 0 Å². The maximum atomic E-state index is 5.45. The molecule has 0 saturated heterocycles. The van der Waals surface area contributed by atoms with Gasteiger partial charge in [-0.3, -0.25) is 0 Å². The number of hydrogen-bond acceptors (Lipinski definition) is 0. The zero-order chi connectivity index (χ0) is 4.28. The minimum atomic E-state index is -1.73. The molecule has 0 heterocycles. The van der Waals surface area contributed by atoms with E-state index >= 15 is 0 Å². The van der Waals surface area contributed by atoms with Gasteiger partial charge in [-0.15, -0.1) is 0 Å². The van der Waals surface area contributed by atoms with Crippen LogP contribution in [0.3, 0.4) is 0 Å². The van der Waals surface area contributed by atoms with Gasteiger partial charge in [-0.2, -0.15) is 0 Å². The molecule has 0 amide bonds. The topological polar surface area (TPSA) is 0 Å². The summed E-state index contributed by atoms with van der Waals surface area (Å²) in [4.78, 5) is 0. The van der Waals surface area contributed by atoms with E-state index in [1.54, 1.807) is 0 Å². The molecule has 0 aromatic rings. The van der Waals surface area contributed by atoms with Gasteiger partial charge in [0.05, 0.1) is 0 Å². The molecule has 0 aromatic carbocycles. The first-order valence-corrected chi connectivity index (χ1v) is 16.9. The van der Waals surface area contributed by atoms with Gasteiger partial charge in [0.2, 0.25) is 0 Å². The van der Waals surface area contributed by atoms with E-state index in [1.807, 2.05) is 0 Å². The molecule has 4 heteroatoms. The Morgan fingerprint density at radius 2 is 1.80 bits per heavy atom. The molecule has 0 aliphatic carbocycles. The van der Waals surface area contributed by atoms with Crippen LogP contribution in [0.4, 0.5) is 0 Å². The molecule has 0 aromatic heterocycles. The van der Waals surface area contributed by atoms with Crippen LogP contribution < -0.4 is 0 Å². The zero-order valence-corrected chi connectivity index (χ0v) is 8.86. The molecule has 0 rings (SSSR count). The molecule has 0 saturated carbocycles. The van der Waals surface area contributed by atoms with E-state index in [9.17, 15) is 0 Å². The predicted molar refractivity (Wildman–Crippen MR) is 23.3 cm³/mol. The summed E-state index contributed by atoms with van der Waals surface area (Å²) in [6, 6.07) is 0. The van der Waals surface area contributed by atoms with Gasteiger partial charge in [0, 0.05) is 0 Å². The third kappa shape index (κ3) is 5.67. The molecule has 0 spiro atoms. The molecule has 0 N–H and O–H groups in total. The van der Waals surface area contributed by atoms with Gasteiger partial charge < -0.3 is 0 Å². The first-order chi connectivity index (χ1) is 2.27. The number of rotatable bonds is 0. The van der Waals surface area contributed by atoms with E-state index in [-0.39, 0.29) is 0 Å². The van der Waals surface area contributed by atoms with Crippen LogP contribution in [0.15, 0.2) is 0 Å². The van der Waals surface area contributed by atoms with Crippen molar-refractivity contribution in [2.75, 3.05) is 0 Å². The van der Waals surface area contributed by atoms with Gasteiger partial charge in [-0.05, 0) is 0 Å². The summed E-state index contributed by atoms with van der Waals surface area (Å²) in [5, 5.41) is 0. The van der Waals surface area contributed by atoms with Crippen molar-refractivity contribution in [3.05, 3.63) is 0 Å². The van der Waals surface area contributed by atoms with Crippen molar-refractivity contribution in [3.8, 4) is 0 Å². The van der Waals surface area contributed by atoms with Crippen molar-refractivity contribution in [2.24, 2.45) is 0 Å². The van der Waals surface area contributed by atoms with Crippen molar-refractivity contribution in [2.45, 2.75) is 6.55 Å². The summed E-state index contributed by atoms with van der Waals surface area (Å²) in [5.74, 6) is 0. The Hall–Kier alpha value is 1.67. The fraction of sp³-hybridized carbons (Fsp3) is 1.00. The van der Waals surface area contributed by atoms with Gasteiger partial charge in [0.15, 0.2) is 0 Å². The van der Waals surface area contributed by atoms with Gasteiger partial charge in [0.1, 0.15) is 0 Å². The molecule has 0 bridgehead atoms. The Kier molecular flexibility index (Phi) is 5.12. The predicted octanol–water partition coefficient (Wildman–Crippen LogP) is 1.58. The third-order valence-corrected chi connectivity index (χ3v) is 13.9. The van der Waals surface area contributed by atoms with Gasteiger partial charge in [-0.25, -0.2) is 0 Å². The van der Waals surface area contributed by atoms with Crippen LogP contribution >= 0.6 is 17.2 Å². The van der Waals surface area contributed by atoms with Crippen LogP contribution in [0.25, 0.3) is 0 Å². The van der Waals surface area contributed by atoms with Crippen LogP contribution in [0, 0.1) is 0 Å². The van der Waals surface area contributed by atoms with E-state index in [0.29, 0.717) is 0 Å². The first kappa shape index (κ1) is 6.67. The summed E-state index contributed by atoms with van der Waals surface area (Å²) in [6.07, 6.45) is 0.858. The SMILES string of the molecule is C[Si]=[Hf]([Cl])[Cl]. The maximum absolute atomic E-state index is 5.45. The summed E-state index contributed by atoms with van der Waals surface area (Å²) in [5.41, 5.74) is 0. The van der Waals surface area contributed by atoms with Crippen LogP contribution in [0.2, 0.25) is 6.55 Å². The molecular formula is CH3Cl2HfSi. The number of halogens is 2.